The van der Waals surface area contributed by atoms with E-state index in [-0.39, 0.29) is 18.4 Å². The number of carbonyl (C=O) groups is 3. The van der Waals surface area contributed by atoms with Gasteiger partial charge in [-0.3, -0.25) is 14.4 Å². The second-order valence-corrected chi connectivity index (χ2v) is 6.52. The number of carbonyl (C=O) groups excluding carboxylic acids is 3. The van der Waals surface area contributed by atoms with Crippen molar-refractivity contribution in [3.05, 3.63) is 77.9 Å². The molecule has 0 saturated heterocycles. The fraction of sp³-hybridized carbons (Fsp3) is 0.0455. The summed E-state index contributed by atoms with van der Waals surface area (Å²) in [6.45, 7) is -0.0254. The van der Waals surface area contributed by atoms with Gasteiger partial charge in [0.1, 0.15) is 17.2 Å². The minimum Gasteiger partial charge on any atom is -0.482 e. The summed E-state index contributed by atoms with van der Waals surface area (Å²) in [4.78, 5) is 35.0. The molecule has 4 N–H and O–H groups in total. The van der Waals surface area contributed by atoms with Crippen molar-refractivity contribution in [1.82, 2.24) is 0 Å². The van der Waals surface area contributed by atoms with Gasteiger partial charge in [-0.25, -0.2) is 0 Å². The van der Waals surface area contributed by atoms with Crippen molar-refractivity contribution in [2.45, 2.75) is 0 Å². The quantitative estimate of drug-likeness (QED) is 0.604. The zero-order valence-corrected chi connectivity index (χ0v) is 15.7. The molecule has 3 amide bonds. The van der Waals surface area contributed by atoms with Crippen molar-refractivity contribution in [3.63, 3.8) is 0 Å². The van der Waals surface area contributed by atoms with Crippen LogP contribution in [0.4, 0.5) is 11.4 Å². The van der Waals surface area contributed by atoms with Gasteiger partial charge < -0.3 is 25.8 Å². The monoisotopic (exact) mass is 403 g/mol. The SMILES string of the molecule is NC(=O)c1ccc(Oc2ccc(C(=O)Nc3ccc4c(c3)NC(=O)CO4)cc2)cc1. The molecule has 150 valence electrons. The lowest BCUT2D eigenvalue weighted by atomic mass is 10.2. The molecule has 0 aromatic heterocycles. The van der Waals surface area contributed by atoms with Crippen LogP contribution in [0.25, 0.3) is 0 Å². The van der Waals surface area contributed by atoms with Crippen molar-refractivity contribution in [3.8, 4) is 17.2 Å². The van der Waals surface area contributed by atoms with Crippen LogP contribution >= 0.6 is 0 Å². The van der Waals surface area contributed by atoms with E-state index in [4.69, 9.17) is 15.2 Å². The number of primary amides is 1. The Bertz CT molecular complexity index is 1120. The van der Waals surface area contributed by atoms with Crippen LogP contribution in [0.3, 0.4) is 0 Å². The van der Waals surface area contributed by atoms with E-state index in [0.29, 0.717) is 39.8 Å². The molecule has 4 rings (SSSR count). The normalized spacial score (nSPS) is 12.2. The molecule has 0 bridgehead atoms. The molecular weight excluding hydrogens is 386 g/mol. The lowest BCUT2D eigenvalue weighted by Gasteiger charge is -2.18. The Kier molecular flexibility index (Phi) is 5.04. The fourth-order valence-corrected chi connectivity index (χ4v) is 2.86. The standard InChI is InChI=1S/C22H17N3O5/c23-21(27)13-1-6-16(7-2-13)30-17-8-3-14(4-9-17)22(28)24-15-5-10-19-18(11-15)25-20(26)12-29-19/h1-11H,12H2,(H2,23,27)(H,24,28)(H,25,26). The first kappa shape index (κ1) is 19.0. The molecule has 1 aliphatic heterocycles. The van der Waals surface area contributed by atoms with Crippen molar-refractivity contribution in [2.24, 2.45) is 5.73 Å². The predicted molar refractivity (Wildman–Crippen MR) is 110 cm³/mol. The third-order valence-electron chi connectivity index (χ3n) is 4.36. The highest BCUT2D eigenvalue weighted by atomic mass is 16.5. The first-order chi connectivity index (χ1) is 14.5. The van der Waals surface area contributed by atoms with E-state index in [0.717, 1.165) is 0 Å². The van der Waals surface area contributed by atoms with Crippen LogP contribution in [0.2, 0.25) is 0 Å². The highest BCUT2D eigenvalue weighted by molar-refractivity contribution is 6.05. The molecule has 3 aromatic rings. The van der Waals surface area contributed by atoms with Gasteiger partial charge in [-0.15, -0.1) is 0 Å². The predicted octanol–water partition coefficient (Wildman–Crippen LogP) is 3.16. The Hall–Kier alpha value is -4.33. The van der Waals surface area contributed by atoms with Crippen LogP contribution < -0.4 is 25.8 Å². The number of nitrogens with two attached hydrogens (primary N) is 1. The van der Waals surface area contributed by atoms with Gasteiger partial charge in [-0.1, -0.05) is 0 Å². The molecule has 1 heterocycles. The topological polar surface area (TPSA) is 120 Å². The number of ether oxygens (including phenoxy) is 2. The van der Waals surface area contributed by atoms with E-state index < -0.39 is 5.91 Å². The average molecular weight is 403 g/mol. The lowest BCUT2D eigenvalue weighted by Crippen LogP contribution is -2.25. The maximum absolute atomic E-state index is 12.5. The molecular formula is C22H17N3O5. The van der Waals surface area contributed by atoms with Gasteiger partial charge in [0.15, 0.2) is 6.61 Å². The van der Waals surface area contributed by atoms with Crippen LogP contribution in [0, 0.1) is 0 Å². The van der Waals surface area contributed by atoms with Crippen molar-refractivity contribution < 1.29 is 23.9 Å². The third kappa shape index (κ3) is 4.22. The van der Waals surface area contributed by atoms with Gasteiger partial charge in [0, 0.05) is 16.8 Å². The molecule has 8 nitrogen and oxygen atoms in total. The maximum Gasteiger partial charge on any atom is 0.262 e. The molecule has 1 aliphatic rings. The molecule has 0 radical (unpaired) electrons. The van der Waals surface area contributed by atoms with Crippen molar-refractivity contribution >= 4 is 29.1 Å². The molecule has 8 heteroatoms. The number of benzene rings is 3. The van der Waals surface area contributed by atoms with E-state index >= 15 is 0 Å². The number of anilines is 2. The number of hydrogen-bond donors (Lipinski definition) is 3. The smallest absolute Gasteiger partial charge is 0.262 e. The van der Waals surface area contributed by atoms with Crippen LogP contribution in [0.5, 0.6) is 17.2 Å². The van der Waals surface area contributed by atoms with E-state index in [1.807, 2.05) is 0 Å². The van der Waals surface area contributed by atoms with Gasteiger partial charge in [-0.05, 0) is 66.7 Å². The van der Waals surface area contributed by atoms with Gasteiger partial charge in [0.25, 0.3) is 11.8 Å². The molecule has 30 heavy (non-hydrogen) atoms. The highest BCUT2D eigenvalue weighted by Crippen LogP contribution is 2.30. The van der Waals surface area contributed by atoms with Crippen molar-refractivity contribution in [1.29, 1.82) is 0 Å². The van der Waals surface area contributed by atoms with Crippen LogP contribution in [-0.4, -0.2) is 24.3 Å². The zero-order valence-electron chi connectivity index (χ0n) is 15.7. The molecule has 0 unspecified atom stereocenters. The summed E-state index contributed by atoms with van der Waals surface area (Å²) in [5, 5.41) is 5.47. The number of hydrogen-bond acceptors (Lipinski definition) is 5. The minimum atomic E-state index is -0.509. The molecule has 0 spiro atoms. The van der Waals surface area contributed by atoms with E-state index in [1.165, 1.54) is 0 Å². The van der Waals surface area contributed by atoms with Gasteiger partial charge in [0.2, 0.25) is 5.91 Å². The number of fused-ring (bicyclic) bond motifs is 1. The Morgan fingerprint density at radius 2 is 1.57 bits per heavy atom. The molecule has 0 fully saturated rings. The fourth-order valence-electron chi connectivity index (χ4n) is 2.86. The Morgan fingerprint density at radius 3 is 2.20 bits per heavy atom. The number of nitrogens with one attached hydrogen (secondary N) is 2. The molecule has 0 atom stereocenters. The summed E-state index contributed by atoms with van der Waals surface area (Å²) in [7, 11) is 0. The molecule has 0 saturated carbocycles. The van der Waals surface area contributed by atoms with Gasteiger partial charge >= 0.3 is 0 Å². The summed E-state index contributed by atoms with van der Waals surface area (Å²) in [6, 6.07) is 18.0. The van der Waals surface area contributed by atoms with Gasteiger partial charge in [-0.2, -0.15) is 0 Å². The van der Waals surface area contributed by atoms with E-state index in [1.54, 1.807) is 66.7 Å². The highest BCUT2D eigenvalue weighted by Gasteiger charge is 2.16. The summed E-state index contributed by atoms with van der Waals surface area (Å²) in [5.74, 6) is 0.562. The second kappa shape index (κ2) is 7.96. The van der Waals surface area contributed by atoms with E-state index in [2.05, 4.69) is 10.6 Å². The zero-order chi connectivity index (χ0) is 21.1. The average Bonchev–Trinajstić information content (AvgIpc) is 2.74. The Balaban J connectivity index is 1.41. The first-order valence-corrected chi connectivity index (χ1v) is 9.04. The maximum atomic E-state index is 12.5. The molecule has 0 aliphatic carbocycles. The van der Waals surface area contributed by atoms with Crippen LogP contribution in [0.15, 0.2) is 66.7 Å². The van der Waals surface area contributed by atoms with Gasteiger partial charge in [0.05, 0.1) is 5.69 Å². The third-order valence-corrected chi connectivity index (χ3v) is 4.36. The largest absolute Gasteiger partial charge is 0.482 e. The van der Waals surface area contributed by atoms with Crippen molar-refractivity contribution in [2.75, 3.05) is 17.2 Å². The molecule has 3 aromatic carbocycles. The Morgan fingerprint density at radius 1 is 0.933 bits per heavy atom. The summed E-state index contributed by atoms with van der Waals surface area (Å²) < 4.78 is 11.0. The summed E-state index contributed by atoms with van der Waals surface area (Å²) in [5.41, 5.74) is 7.08. The lowest BCUT2D eigenvalue weighted by molar-refractivity contribution is -0.118. The number of amides is 3. The first-order valence-electron chi connectivity index (χ1n) is 9.04. The van der Waals surface area contributed by atoms with Crippen LogP contribution in [0.1, 0.15) is 20.7 Å². The minimum absolute atomic E-state index is 0.0254. The van der Waals surface area contributed by atoms with Crippen LogP contribution in [-0.2, 0) is 4.79 Å². The summed E-state index contributed by atoms with van der Waals surface area (Å²) in [6.07, 6.45) is 0. The van der Waals surface area contributed by atoms with E-state index in [9.17, 15) is 14.4 Å². The summed E-state index contributed by atoms with van der Waals surface area (Å²) >= 11 is 0. The number of rotatable bonds is 5. The second-order valence-electron chi connectivity index (χ2n) is 6.52. The Labute approximate surface area is 171 Å².